The maximum atomic E-state index is 13.8. The van der Waals surface area contributed by atoms with Gasteiger partial charge >= 0.3 is 0 Å². The number of benzene rings is 1. The molecule has 1 saturated heterocycles. The summed E-state index contributed by atoms with van der Waals surface area (Å²) in [5.41, 5.74) is 0.659. The van der Waals surface area contributed by atoms with Gasteiger partial charge in [0.2, 0.25) is 5.91 Å². The maximum absolute atomic E-state index is 13.8. The van der Waals surface area contributed by atoms with Gasteiger partial charge in [-0.05, 0) is 26.0 Å². The Morgan fingerprint density at radius 3 is 2.27 bits per heavy atom. The Morgan fingerprint density at radius 2 is 1.73 bits per heavy atom. The largest absolute Gasteiger partial charge is 0.367 e. The normalized spacial score (nSPS) is 15.3. The quantitative estimate of drug-likeness (QED) is 0.829. The van der Waals surface area contributed by atoms with E-state index < -0.39 is 0 Å². The summed E-state index contributed by atoms with van der Waals surface area (Å²) < 4.78 is 13.8. The molecule has 1 fully saturated rings. The van der Waals surface area contributed by atoms with Crippen molar-refractivity contribution in [1.29, 1.82) is 0 Å². The van der Waals surface area contributed by atoms with Crippen molar-refractivity contribution in [2.45, 2.75) is 13.8 Å². The molecule has 0 aliphatic carbocycles. The smallest absolute Gasteiger partial charge is 0.236 e. The summed E-state index contributed by atoms with van der Waals surface area (Å²) in [7, 11) is 0. The van der Waals surface area contributed by atoms with Crippen LogP contribution in [0.1, 0.15) is 13.8 Å². The summed E-state index contributed by atoms with van der Waals surface area (Å²) in [6, 6.07) is 6.87. The van der Waals surface area contributed by atoms with Gasteiger partial charge in [-0.25, -0.2) is 4.39 Å². The first-order valence-electron chi connectivity index (χ1n) is 7.65. The van der Waals surface area contributed by atoms with Gasteiger partial charge in [0.15, 0.2) is 0 Å². The molecular weight excluding hydrogens is 305 g/mol. The second-order valence-electron chi connectivity index (χ2n) is 5.28. The van der Waals surface area contributed by atoms with Crippen LogP contribution in [0, 0.1) is 5.82 Å². The molecule has 6 heteroatoms. The Morgan fingerprint density at radius 1 is 1.14 bits per heavy atom. The van der Waals surface area contributed by atoms with Crippen molar-refractivity contribution in [1.82, 2.24) is 9.80 Å². The van der Waals surface area contributed by atoms with Gasteiger partial charge in [0.25, 0.3) is 0 Å². The van der Waals surface area contributed by atoms with Gasteiger partial charge in [-0.15, -0.1) is 12.4 Å². The number of anilines is 1. The molecule has 4 nitrogen and oxygen atoms in total. The number of likely N-dealkylation sites (N-methyl/N-ethyl adjacent to an activating group) is 1. The van der Waals surface area contributed by atoms with Gasteiger partial charge in [0.05, 0.1) is 12.2 Å². The molecule has 1 aliphatic heterocycles. The molecule has 0 atom stereocenters. The molecule has 0 spiro atoms. The molecule has 0 aromatic heterocycles. The molecule has 0 saturated carbocycles. The van der Waals surface area contributed by atoms with E-state index in [0.717, 1.165) is 39.3 Å². The number of piperazine rings is 1. The lowest BCUT2D eigenvalue weighted by molar-refractivity contribution is -0.132. The molecule has 0 N–H and O–H groups in total. The molecule has 0 radical (unpaired) electrons. The van der Waals surface area contributed by atoms with Gasteiger partial charge in [-0.1, -0.05) is 12.1 Å². The minimum Gasteiger partial charge on any atom is -0.367 e. The van der Waals surface area contributed by atoms with Crippen LogP contribution in [-0.4, -0.2) is 61.5 Å². The maximum Gasteiger partial charge on any atom is 0.236 e. The Bertz CT molecular complexity index is 474. The Hall–Kier alpha value is -1.33. The molecule has 124 valence electrons. The van der Waals surface area contributed by atoms with Crippen LogP contribution in [0.5, 0.6) is 0 Å². The highest BCUT2D eigenvalue weighted by Gasteiger charge is 2.22. The molecule has 0 bridgehead atoms. The average molecular weight is 330 g/mol. The van der Waals surface area contributed by atoms with Crippen LogP contribution in [0.15, 0.2) is 24.3 Å². The number of para-hydroxylation sites is 1. The van der Waals surface area contributed by atoms with E-state index in [0.29, 0.717) is 12.2 Å². The van der Waals surface area contributed by atoms with Crippen molar-refractivity contribution in [3.63, 3.8) is 0 Å². The summed E-state index contributed by atoms with van der Waals surface area (Å²) in [5, 5.41) is 0. The van der Waals surface area contributed by atoms with Crippen LogP contribution in [0.3, 0.4) is 0 Å². The molecule has 1 heterocycles. The molecule has 1 amide bonds. The first kappa shape index (κ1) is 18.7. The van der Waals surface area contributed by atoms with Crippen molar-refractivity contribution >= 4 is 24.0 Å². The second-order valence-corrected chi connectivity index (χ2v) is 5.28. The number of rotatable bonds is 5. The Kier molecular flexibility index (Phi) is 7.62. The number of amides is 1. The fourth-order valence-corrected chi connectivity index (χ4v) is 2.72. The van der Waals surface area contributed by atoms with Gasteiger partial charge in [-0.2, -0.15) is 0 Å². The number of hydrogen-bond donors (Lipinski definition) is 0. The van der Waals surface area contributed by atoms with Gasteiger partial charge in [-0.3, -0.25) is 9.69 Å². The van der Waals surface area contributed by atoms with Crippen LogP contribution >= 0.6 is 12.4 Å². The lowest BCUT2D eigenvalue weighted by Gasteiger charge is -2.36. The van der Waals surface area contributed by atoms with Crippen molar-refractivity contribution in [3.8, 4) is 0 Å². The summed E-state index contributed by atoms with van der Waals surface area (Å²) in [5.74, 6) is 0.00418. The molecule has 22 heavy (non-hydrogen) atoms. The number of hydrogen-bond acceptors (Lipinski definition) is 3. The Balaban J connectivity index is 0.00000242. The van der Waals surface area contributed by atoms with Crippen molar-refractivity contribution < 1.29 is 9.18 Å². The van der Waals surface area contributed by atoms with E-state index in [1.807, 2.05) is 35.8 Å². The highest BCUT2D eigenvalue weighted by atomic mass is 35.5. The second kappa shape index (κ2) is 8.96. The number of carbonyl (C=O) groups is 1. The number of nitrogens with zero attached hydrogens (tertiary/aromatic N) is 3. The minimum atomic E-state index is -0.176. The highest BCUT2D eigenvalue weighted by Crippen LogP contribution is 2.20. The standard InChI is InChI=1S/C16H24FN3O.ClH/c1-3-19(4-2)16(21)13-18-9-11-20(12-10-18)15-8-6-5-7-14(15)17;/h5-8H,3-4,9-13H2,1-2H3;1H. The minimum absolute atomic E-state index is 0. The lowest BCUT2D eigenvalue weighted by Crippen LogP contribution is -2.50. The third kappa shape index (κ3) is 4.58. The Labute approximate surface area is 138 Å². The van der Waals surface area contributed by atoms with Crippen molar-refractivity contribution in [2.24, 2.45) is 0 Å². The molecular formula is C16H25ClFN3O. The van der Waals surface area contributed by atoms with Gasteiger partial charge < -0.3 is 9.80 Å². The summed E-state index contributed by atoms with van der Waals surface area (Å²) >= 11 is 0. The third-order valence-electron chi connectivity index (χ3n) is 4.04. The van der Waals surface area contributed by atoms with E-state index >= 15 is 0 Å². The van der Waals surface area contributed by atoms with Gasteiger partial charge in [0.1, 0.15) is 5.82 Å². The zero-order valence-corrected chi connectivity index (χ0v) is 14.1. The van der Waals surface area contributed by atoms with E-state index in [9.17, 15) is 9.18 Å². The zero-order chi connectivity index (χ0) is 15.2. The fourth-order valence-electron chi connectivity index (χ4n) is 2.72. The van der Waals surface area contributed by atoms with E-state index in [4.69, 9.17) is 0 Å². The fraction of sp³-hybridized carbons (Fsp3) is 0.562. The molecule has 1 aliphatic rings. The monoisotopic (exact) mass is 329 g/mol. The van der Waals surface area contributed by atoms with Crippen molar-refractivity contribution in [3.05, 3.63) is 30.1 Å². The zero-order valence-electron chi connectivity index (χ0n) is 13.3. The van der Waals surface area contributed by atoms with Crippen LogP contribution < -0.4 is 4.90 Å². The van der Waals surface area contributed by atoms with E-state index in [1.165, 1.54) is 6.07 Å². The van der Waals surface area contributed by atoms with Crippen LogP contribution in [-0.2, 0) is 4.79 Å². The molecule has 2 rings (SSSR count). The summed E-state index contributed by atoms with van der Waals surface area (Å²) in [4.78, 5) is 18.1. The van der Waals surface area contributed by atoms with Crippen LogP contribution in [0.2, 0.25) is 0 Å². The molecule has 1 aromatic rings. The SMILES string of the molecule is CCN(CC)C(=O)CN1CCN(c2ccccc2F)CC1.Cl. The highest BCUT2D eigenvalue weighted by molar-refractivity contribution is 5.85. The van der Waals surface area contributed by atoms with Gasteiger partial charge in [0, 0.05) is 39.3 Å². The first-order valence-corrected chi connectivity index (χ1v) is 7.65. The molecule has 1 aromatic carbocycles. The predicted molar refractivity (Wildman–Crippen MR) is 90.2 cm³/mol. The lowest BCUT2D eigenvalue weighted by atomic mass is 10.2. The van der Waals surface area contributed by atoms with Crippen LogP contribution in [0.25, 0.3) is 0 Å². The average Bonchev–Trinajstić information content (AvgIpc) is 2.50. The molecule has 0 unspecified atom stereocenters. The third-order valence-corrected chi connectivity index (χ3v) is 4.04. The number of carbonyl (C=O) groups excluding carboxylic acids is 1. The first-order chi connectivity index (χ1) is 10.2. The van der Waals surface area contributed by atoms with E-state index in [2.05, 4.69) is 4.90 Å². The summed E-state index contributed by atoms with van der Waals surface area (Å²) in [6.45, 7) is 9.07. The van der Waals surface area contributed by atoms with E-state index in [-0.39, 0.29) is 24.1 Å². The van der Waals surface area contributed by atoms with Crippen molar-refractivity contribution in [2.75, 3.05) is 50.7 Å². The predicted octanol–water partition coefficient (Wildman–Crippen LogP) is 2.24. The number of halogens is 2. The topological polar surface area (TPSA) is 26.8 Å². The van der Waals surface area contributed by atoms with E-state index in [1.54, 1.807) is 6.07 Å². The van der Waals surface area contributed by atoms with Crippen LogP contribution in [0.4, 0.5) is 10.1 Å². The summed E-state index contributed by atoms with van der Waals surface area (Å²) in [6.07, 6.45) is 0.